The molecule has 0 aliphatic heterocycles. The molecule has 4 heteroatoms. The van der Waals surface area contributed by atoms with Crippen molar-refractivity contribution in [3.05, 3.63) is 60.2 Å². The molecule has 2 N–H and O–H groups in total. The number of para-hydroxylation sites is 2. The van der Waals surface area contributed by atoms with Gasteiger partial charge in [-0.05, 0) is 62.9 Å². The van der Waals surface area contributed by atoms with Gasteiger partial charge in [0.05, 0.1) is 6.61 Å². The molecule has 2 aromatic rings. The van der Waals surface area contributed by atoms with Crippen LogP contribution in [0.25, 0.3) is 0 Å². The molecule has 26 heavy (non-hydrogen) atoms. The van der Waals surface area contributed by atoms with E-state index >= 15 is 0 Å². The van der Waals surface area contributed by atoms with Crippen LogP contribution in [0, 0.1) is 6.92 Å². The first kappa shape index (κ1) is 18.7. The summed E-state index contributed by atoms with van der Waals surface area (Å²) >= 11 is 0. The van der Waals surface area contributed by atoms with Crippen molar-refractivity contribution >= 4 is 0 Å². The van der Waals surface area contributed by atoms with Crippen molar-refractivity contribution in [2.75, 3.05) is 13.2 Å². The van der Waals surface area contributed by atoms with E-state index in [1.165, 1.54) is 0 Å². The zero-order chi connectivity index (χ0) is 18.2. The van der Waals surface area contributed by atoms with Gasteiger partial charge >= 0.3 is 0 Å². The van der Waals surface area contributed by atoms with Gasteiger partial charge in [0.15, 0.2) is 0 Å². The van der Waals surface area contributed by atoms with Crippen molar-refractivity contribution in [1.29, 1.82) is 0 Å². The summed E-state index contributed by atoms with van der Waals surface area (Å²) in [7, 11) is 0. The molecule has 1 aliphatic carbocycles. The fourth-order valence-corrected chi connectivity index (χ4v) is 3.41. The number of ether oxygens (including phenoxy) is 2. The molecular weight excluding hydrogens is 326 g/mol. The van der Waals surface area contributed by atoms with E-state index in [9.17, 15) is 5.11 Å². The zero-order valence-electron chi connectivity index (χ0n) is 15.4. The Bertz CT molecular complexity index is 661. The Kier molecular flexibility index (Phi) is 6.92. The van der Waals surface area contributed by atoms with Crippen LogP contribution in [0.1, 0.15) is 31.2 Å². The standard InChI is InChI=1S/C22H29NO3/c1-17-9-5-6-13-20(17)26-21-14-7-12-19(22(21)24)23-15-8-16-25-18-10-3-2-4-11-18/h2-6,9-11,13,19,21-24H,7-8,12,14-16H2,1H3/t19-,21+,22+/m0/s1. The van der Waals surface area contributed by atoms with Gasteiger partial charge in [0.1, 0.15) is 23.7 Å². The third-order valence-electron chi connectivity index (χ3n) is 4.91. The van der Waals surface area contributed by atoms with E-state index in [0.29, 0.717) is 6.61 Å². The van der Waals surface area contributed by atoms with Crippen molar-refractivity contribution < 1.29 is 14.6 Å². The topological polar surface area (TPSA) is 50.7 Å². The van der Waals surface area contributed by atoms with E-state index < -0.39 is 6.10 Å². The number of aryl methyl sites for hydroxylation is 1. The molecule has 0 bridgehead atoms. The molecule has 0 spiro atoms. The quantitative estimate of drug-likeness (QED) is 0.709. The Hall–Kier alpha value is -2.04. The maximum Gasteiger partial charge on any atom is 0.126 e. The Morgan fingerprint density at radius 1 is 1.04 bits per heavy atom. The minimum Gasteiger partial charge on any atom is -0.494 e. The van der Waals surface area contributed by atoms with Crippen LogP contribution in [0.4, 0.5) is 0 Å². The number of hydrogen-bond acceptors (Lipinski definition) is 4. The fourth-order valence-electron chi connectivity index (χ4n) is 3.41. The van der Waals surface area contributed by atoms with Gasteiger partial charge in [0.2, 0.25) is 0 Å². The lowest BCUT2D eigenvalue weighted by molar-refractivity contribution is -0.0157. The second kappa shape index (κ2) is 9.60. The van der Waals surface area contributed by atoms with Crippen LogP contribution >= 0.6 is 0 Å². The Morgan fingerprint density at radius 2 is 1.81 bits per heavy atom. The monoisotopic (exact) mass is 355 g/mol. The van der Waals surface area contributed by atoms with E-state index in [1.807, 2.05) is 61.5 Å². The molecule has 1 saturated carbocycles. The zero-order valence-corrected chi connectivity index (χ0v) is 15.4. The molecular formula is C22H29NO3. The van der Waals surface area contributed by atoms with Gasteiger partial charge in [-0.1, -0.05) is 36.4 Å². The van der Waals surface area contributed by atoms with Gasteiger partial charge in [-0.3, -0.25) is 0 Å². The highest BCUT2D eigenvalue weighted by Gasteiger charge is 2.33. The first-order valence-electron chi connectivity index (χ1n) is 9.55. The Morgan fingerprint density at radius 3 is 2.62 bits per heavy atom. The SMILES string of the molecule is Cc1ccccc1O[C@@H]1CCC[C@H](NCCCOc2ccccc2)[C@H]1O. The number of rotatable bonds is 8. The number of benzene rings is 2. The van der Waals surface area contributed by atoms with Crippen molar-refractivity contribution in [3.8, 4) is 11.5 Å². The third-order valence-corrected chi connectivity index (χ3v) is 4.91. The summed E-state index contributed by atoms with van der Waals surface area (Å²) in [6.45, 7) is 3.53. The number of aliphatic hydroxyl groups excluding tert-OH is 1. The largest absolute Gasteiger partial charge is 0.494 e. The lowest BCUT2D eigenvalue weighted by Gasteiger charge is -2.35. The molecule has 0 unspecified atom stereocenters. The molecule has 0 aromatic heterocycles. The Labute approximate surface area is 156 Å². The highest BCUT2D eigenvalue weighted by molar-refractivity contribution is 5.32. The van der Waals surface area contributed by atoms with Gasteiger partial charge < -0.3 is 19.9 Å². The van der Waals surface area contributed by atoms with Gasteiger partial charge in [0.25, 0.3) is 0 Å². The molecule has 1 fully saturated rings. The summed E-state index contributed by atoms with van der Waals surface area (Å²) in [6.07, 6.45) is 3.20. The van der Waals surface area contributed by atoms with Gasteiger partial charge in [-0.2, -0.15) is 0 Å². The number of aliphatic hydroxyl groups is 1. The number of hydrogen-bond donors (Lipinski definition) is 2. The summed E-state index contributed by atoms with van der Waals surface area (Å²) in [5.74, 6) is 1.77. The normalized spacial score (nSPS) is 22.8. The fraction of sp³-hybridized carbons (Fsp3) is 0.455. The van der Waals surface area contributed by atoms with Crippen LogP contribution in [-0.4, -0.2) is 36.5 Å². The highest BCUT2D eigenvalue weighted by atomic mass is 16.5. The second-order valence-corrected chi connectivity index (χ2v) is 6.92. The minimum absolute atomic E-state index is 0.0782. The lowest BCUT2D eigenvalue weighted by atomic mass is 9.89. The number of nitrogens with one attached hydrogen (secondary N) is 1. The van der Waals surface area contributed by atoms with Crippen molar-refractivity contribution in [2.45, 2.75) is 50.9 Å². The molecule has 140 valence electrons. The van der Waals surface area contributed by atoms with Gasteiger partial charge in [-0.15, -0.1) is 0 Å². The minimum atomic E-state index is -0.488. The molecule has 0 amide bonds. The smallest absolute Gasteiger partial charge is 0.126 e. The summed E-state index contributed by atoms with van der Waals surface area (Å²) in [4.78, 5) is 0. The first-order valence-corrected chi connectivity index (χ1v) is 9.55. The van der Waals surface area contributed by atoms with E-state index in [2.05, 4.69) is 5.32 Å². The predicted octanol–water partition coefficient (Wildman–Crippen LogP) is 3.71. The van der Waals surface area contributed by atoms with Crippen molar-refractivity contribution in [2.24, 2.45) is 0 Å². The van der Waals surface area contributed by atoms with Crippen LogP contribution in [0.2, 0.25) is 0 Å². The van der Waals surface area contributed by atoms with E-state index in [0.717, 1.165) is 49.3 Å². The van der Waals surface area contributed by atoms with Gasteiger partial charge in [-0.25, -0.2) is 0 Å². The van der Waals surface area contributed by atoms with Crippen LogP contribution in [0.3, 0.4) is 0 Å². The molecule has 3 rings (SSSR count). The van der Waals surface area contributed by atoms with Gasteiger partial charge in [0, 0.05) is 6.04 Å². The maximum absolute atomic E-state index is 10.7. The van der Waals surface area contributed by atoms with Crippen molar-refractivity contribution in [3.63, 3.8) is 0 Å². The van der Waals surface area contributed by atoms with Crippen LogP contribution in [-0.2, 0) is 0 Å². The molecule has 0 radical (unpaired) electrons. The third kappa shape index (κ3) is 5.23. The highest BCUT2D eigenvalue weighted by Crippen LogP contribution is 2.26. The molecule has 2 aromatic carbocycles. The summed E-state index contributed by atoms with van der Waals surface area (Å²) in [5.41, 5.74) is 1.10. The van der Waals surface area contributed by atoms with Crippen LogP contribution in [0.15, 0.2) is 54.6 Å². The molecule has 3 atom stereocenters. The molecule has 1 aliphatic rings. The second-order valence-electron chi connectivity index (χ2n) is 6.92. The Balaban J connectivity index is 1.41. The average Bonchev–Trinajstić information content (AvgIpc) is 2.67. The molecule has 0 heterocycles. The van der Waals surface area contributed by atoms with E-state index in [1.54, 1.807) is 0 Å². The van der Waals surface area contributed by atoms with E-state index in [-0.39, 0.29) is 12.1 Å². The maximum atomic E-state index is 10.7. The van der Waals surface area contributed by atoms with Crippen LogP contribution in [0.5, 0.6) is 11.5 Å². The summed E-state index contributed by atoms with van der Waals surface area (Å²) in [6, 6.07) is 17.9. The summed E-state index contributed by atoms with van der Waals surface area (Å²) in [5, 5.41) is 14.2. The predicted molar refractivity (Wildman–Crippen MR) is 104 cm³/mol. The summed E-state index contributed by atoms with van der Waals surface area (Å²) < 4.78 is 11.8. The van der Waals surface area contributed by atoms with Crippen LogP contribution < -0.4 is 14.8 Å². The molecule has 0 saturated heterocycles. The first-order chi connectivity index (χ1) is 12.7. The molecule has 4 nitrogen and oxygen atoms in total. The average molecular weight is 355 g/mol. The van der Waals surface area contributed by atoms with E-state index in [4.69, 9.17) is 9.47 Å². The van der Waals surface area contributed by atoms with Crippen molar-refractivity contribution in [1.82, 2.24) is 5.32 Å². The lowest BCUT2D eigenvalue weighted by Crippen LogP contribution is -2.51.